The summed E-state index contributed by atoms with van der Waals surface area (Å²) in [6.07, 6.45) is 1.81. The summed E-state index contributed by atoms with van der Waals surface area (Å²) in [4.78, 5) is 12.2. The van der Waals surface area contributed by atoms with Crippen molar-refractivity contribution in [2.45, 2.75) is 0 Å². The first-order valence-electron chi connectivity index (χ1n) is 17.1. The number of oxazole rings is 1. The number of aromatic nitrogens is 3. The highest BCUT2D eigenvalue weighted by molar-refractivity contribution is 6.09. The third-order valence-electron chi connectivity index (χ3n) is 9.67. The van der Waals surface area contributed by atoms with Crippen LogP contribution in [-0.2, 0) is 0 Å². The Morgan fingerprint density at radius 3 is 1.90 bits per heavy atom. The monoisotopic (exact) mass is 654 g/mol. The van der Waals surface area contributed by atoms with Crippen molar-refractivity contribution in [3.8, 4) is 28.3 Å². The highest BCUT2D eigenvalue weighted by atomic mass is 16.3. The molecule has 51 heavy (non-hydrogen) atoms. The second kappa shape index (κ2) is 11.9. The van der Waals surface area contributed by atoms with E-state index in [0.717, 1.165) is 61.3 Å². The molecule has 0 saturated heterocycles. The van der Waals surface area contributed by atoms with Crippen LogP contribution in [0.3, 0.4) is 0 Å². The summed E-state index contributed by atoms with van der Waals surface area (Å²) in [5, 5.41) is 3.44. The van der Waals surface area contributed by atoms with Gasteiger partial charge in [-0.1, -0.05) is 103 Å². The zero-order valence-electron chi connectivity index (χ0n) is 27.5. The molecule has 10 rings (SSSR count). The number of nitrogens with zero attached hydrogens (tertiary/aromatic N) is 4. The van der Waals surface area contributed by atoms with E-state index < -0.39 is 0 Å². The van der Waals surface area contributed by atoms with Crippen LogP contribution in [0.15, 0.2) is 187 Å². The van der Waals surface area contributed by atoms with E-state index in [2.05, 4.69) is 155 Å². The summed E-state index contributed by atoms with van der Waals surface area (Å²) >= 11 is 0. The normalized spacial score (nSPS) is 11.5. The molecule has 0 aliphatic rings. The van der Waals surface area contributed by atoms with Crippen molar-refractivity contribution in [2.75, 3.05) is 4.90 Å². The molecule has 5 heteroatoms. The molecule has 0 atom stereocenters. The topological polar surface area (TPSA) is 47.1 Å². The van der Waals surface area contributed by atoms with Crippen LogP contribution >= 0.6 is 0 Å². The lowest BCUT2D eigenvalue weighted by Crippen LogP contribution is -2.11. The van der Waals surface area contributed by atoms with E-state index in [1.807, 2.05) is 30.3 Å². The largest absolute Gasteiger partial charge is 0.436 e. The van der Waals surface area contributed by atoms with Crippen LogP contribution in [-0.4, -0.2) is 14.5 Å². The number of pyridine rings is 1. The quantitative estimate of drug-likeness (QED) is 0.179. The Bertz CT molecular complexity index is 2800. The molecule has 0 N–H and O–H groups in total. The summed E-state index contributed by atoms with van der Waals surface area (Å²) in [5.74, 6) is 0.530. The molecular formula is C46H30N4O. The number of fused-ring (bicyclic) bond motifs is 6. The van der Waals surface area contributed by atoms with Gasteiger partial charge in [0.05, 0.1) is 27.8 Å². The zero-order valence-corrected chi connectivity index (χ0v) is 27.5. The standard InChI is InChI=1S/C46H30N4O/c1-3-12-31(13-4-1)32-21-24-35(25-22-32)49(34-15-5-2-6-16-34)42-27-26-36(50-40-19-9-7-17-37(40)38-18-8-10-20-41(38)50)30-39(42)46-48-45-43(51-46)28-23-33-14-11-29-47-44(33)45/h1-30H. The fourth-order valence-electron chi connectivity index (χ4n) is 7.31. The minimum Gasteiger partial charge on any atom is -0.436 e. The van der Waals surface area contributed by atoms with Crippen LogP contribution in [0, 0.1) is 0 Å². The maximum Gasteiger partial charge on any atom is 0.229 e. The molecule has 240 valence electrons. The molecule has 0 amide bonds. The van der Waals surface area contributed by atoms with Crippen molar-refractivity contribution in [1.82, 2.24) is 14.5 Å². The Morgan fingerprint density at radius 2 is 1.16 bits per heavy atom. The summed E-state index contributed by atoms with van der Waals surface area (Å²) in [5.41, 5.74) is 11.8. The van der Waals surface area contributed by atoms with Gasteiger partial charge in [-0.25, -0.2) is 4.98 Å². The maximum atomic E-state index is 6.66. The van der Waals surface area contributed by atoms with Crippen LogP contribution in [0.2, 0.25) is 0 Å². The summed E-state index contributed by atoms with van der Waals surface area (Å²) in [7, 11) is 0. The van der Waals surface area contributed by atoms with Gasteiger partial charge in [0.1, 0.15) is 5.52 Å². The van der Waals surface area contributed by atoms with Gasteiger partial charge in [0, 0.05) is 39.4 Å². The lowest BCUT2D eigenvalue weighted by Gasteiger charge is -2.27. The van der Waals surface area contributed by atoms with Gasteiger partial charge in [-0.2, -0.15) is 0 Å². The van der Waals surface area contributed by atoms with Crippen LogP contribution < -0.4 is 4.90 Å². The molecule has 0 radical (unpaired) electrons. The Kier molecular flexibility index (Phi) is 6.74. The van der Waals surface area contributed by atoms with Crippen LogP contribution in [0.25, 0.3) is 72.1 Å². The van der Waals surface area contributed by atoms with E-state index in [9.17, 15) is 0 Å². The van der Waals surface area contributed by atoms with E-state index in [-0.39, 0.29) is 0 Å². The number of rotatable bonds is 6. The second-order valence-corrected chi connectivity index (χ2v) is 12.7. The molecule has 0 unspecified atom stereocenters. The highest BCUT2D eigenvalue weighted by Gasteiger charge is 2.23. The number of hydrogen-bond donors (Lipinski definition) is 0. The molecule has 0 fully saturated rings. The zero-order chi connectivity index (χ0) is 33.7. The van der Waals surface area contributed by atoms with Gasteiger partial charge in [0.15, 0.2) is 5.58 Å². The molecule has 5 nitrogen and oxygen atoms in total. The Hall–Kier alpha value is -6.98. The molecule has 0 aliphatic carbocycles. The molecule has 0 bridgehead atoms. The second-order valence-electron chi connectivity index (χ2n) is 12.7. The molecule has 0 aliphatic heterocycles. The van der Waals surface area contributed by atoms with Gasteiger partial charge in [-0.3, -0.25) is 4.98 Å². The number of hydrogen-bond acceptors (Lipinski definition) is 4. The first kappa shape index (κ1) is 29.0. The van der Waals surface area contributed by atoms with Gasteiger partial charge in [0.2, 0.25) is 5.89 Å². The SMILES string of the molecule is c1ccc(-c2ccc(N(c3ccccc3)c3ccc(-n4c5ccccc5c5ccccc54)cc3-c3nc4c(ccc5cccnc54)o3)cc2)cc1. The van der Waals surface area contributed by atoms with Gasteiger partial charge in [-0.05, 0) is 83.9 Å². The molecule has 10 aromatic rings. The van der Waals surface area contributed by atoms with Crippen molar-refractivity contribution >= 4 is 60.9 Å². The molecule has 0 spiro atoms. The Labute approximate surface area is 294 Å². The highest BCUT2D eigenvalue weighted by Crippen LogP contribution is 2.44. The number of anilines is 3. The van der Waals surface area contributed by atoms with Crippen LogP contribution in [0.1, 0.15) is 0 Å². The van der Waals surface area contributed by atoms with E-state index in [1.165, 1.54) is 16.3 Å². The van der Waals surface area contributed by atoms with Crippen LogP contribution in [0.4, 0.5) is 17.1 Å². The molecular weight excluding hydrogens is 625 g/mol. The van der Waals surface area contributed by atoms with Gasteiger partial charge in [-0.15, -0.1) is 0 Å². The third kappa shape index (κ3) is 4.86. The lowest BCUT2D eigenvalue weighted by atomic mass is 10.0. The summed E-state index contributed by atoms with van der Waals surface area (Å²) in [6, 6.07) is 61.5. The van der Waals surface area contributed by atoms with E-state index in [1.54, 1.807) is 6.20 Å². The van der Waals surface area contributed by atoms with Crippen LogP contribution in [0.5, 0.6) is 0 Å². The van der Waals surface area contributed by atoms with Crippen molar-refractivity contribution < 1.29 is 4.42 Å². The molecule has 3 heterocycles. The number of benzene rings is 7. The maximum absolute atomic E-state index is 6.66. The fourth-order valence-corrected chi connectivity index (χ4v) is 7.31. The summed E-state index contributed by atoms with van der Waals surface area (Å²) in [6.45, 7) is 0. The van der Waals surface area contributed by atoms with E-state index in [4.69, 9.17) is 14.4 Å². The average Bonchev–Trinajstić information content (AvgIpc) is 3.79. The predicted molar refractivity (Wildman–Crippen MR) is 209 cm³/mol. The third-order valence-corrected chi connectivity index (χ3v) is 9.67. The lowest BCUT2D eigenvalue weighted by molar-refractivity contribution is 0.620. The van der Waals surface area contributed by atoms with Gasteiger partial charge >= 0.3 is 0 Å². The minimum absolute atomic E-state index is 0.530. The minimum atomic E-state index is 0.530. The van der Waals surface area contributed by atoms with Gasteiger partial charge < -0.3 is 13.9 Å². The molecule has 3 aromatic heterocycles. The molecule has 0 saturated carbocycles. The predicted octanol–water partition coefficient (Wildman–Crippen LogP) is 12.3. The fraction of sp³-hybridized carbons (Fsp3) is 0. The average molecular weight is 655 g/mol. The van der Waals surface area contributed by atoms with Gasteiger partial charge in [0.25, 0.3) is 0 Å². The first-order valence-corrected chi connectivity index (χ1v) is 17.1. The van der Waals surface area contributed by atoms with Crippen molar-refractivity contribution in [3.63, 3.8) is 0 Å². The first-order chi connectivity index (χ1) is 25.3. The van der Waals surface area contributed by atoms with Crippen molar-refractivity contribution in [2.24, 2.45) is 0 Å². The van der Waals surface area contributed by atoms with E-state index >= 15 is 0 Å². The van der Waals surface area contributed by atoms with Crippen molar-refractivity contribution in [3.05, 3.63) is 182 Å². The molecule has 7 aromatic carbocycles. The summed E-state index contributed by atoms with van der Waals surface area (Å²) < 4.78 is 8.99. The Balaban J connectivity index is 1.23. The van der Waals surface area contributed by atoms with Crippen molar-refractivity contribution in [1.29, 1.82) is 0 Å². The smallest absolute Gasteiger partial charge is 0.229 e. The number of para-hydroxylation sites is 3. The Morgan fingerprint density at radius 1 is 0.510 bits per heavy atom. The van der Waals surface area contributed by atoms with E-state index in [0.29, 0.717) is 11.5 Å².